The zero-order valence-corrected chi connectivity index (χ0v) is 9.08. The van der Waals surface area contributed by atoms with Crippen LogP contribution >= 0.6 is 0 Å². The van der Waals surface area contributed by atoms with E-state index in [1.807, 2.05) is 19.1 Å². The standard InChI is InChI=1S/C12H18O2/c1-4-10(5-2)14-12-8-9(3)6-7-11(12)13/h6-8,10,13H,4-5H2,1-3H3. The summed E-state index contributed by atoms with van der Waals surface area (Å²) in [5.41, 5.74) is 1.10. The van der Waals surface area contributed by atoms with Gasteiger partial charge in [0.2, 0.25) is 0 Å². The molecule has 1 N–H and O–H groups in total. The van der Waals surface area contributed by atoms with Gasteiger partial charge < -0.3 is 9.84 Å². The molecule has 0 aliphatic rings. The summed E-state index contributed by atoms with van der Waals surface area (Å²) in [6, 6.07) is 5.41. The molecule has 0 fully saturated rings. The Balaban J connectivity index is 2.79. The second-order valence-corrected chi connectivity index (χ2v) is 3.53. The number of phenolic OH excluding ortho intramolecular Hbond substituents is 1. The largest absolute Gasteiger partial charge is 0.504 e. The first-order valence-corrected chi connectivity index (χ1v) is 5.13. The number of aryl methyl sites for hydroxylation is 1. The highest BCUT2D eigenvalue weighted by atomic mass is 16.5. The molecule has 0 saturated carbocycles. The van der Waals surface area contributed by atoms with Crippen molar-refractivity contribution >= 4 is 0 Å². The number of benzene rings is 1. The predicted molar refractivity (Wildman–Crippen MR) is 57.8 cm³/mol. The van der Waals surface area contributed by atoms with Gasteiger partial charge in [-0.1, -0.05) is 19.9 Å². The molecular formula is C12H18O2. The van der Waals surface area contributed by atoms with Gasteiger partial charge in [-0.2, -0.15) is 0 Å². The summed E-state index contributed by atoms with van der Waals surface area (Å²) in [7, 11) is 0. The van der Waals surface area contributed by atoms with Crippen molar-refractivity contribution in [3.05, 3.63) is 23.8 Å². The minimum Gasteiger partial charge on any atom is -0.504 e. The van der Waals surface area contributed by atoms with Gasteiger partial charge >= 0.3 is 0 Å². The SMILES string of the molecule is CCC(CC)Oc1cc(C)ccc1O. The van der Waals surface area contributed by atoms with E-state index in [2.05, 4.69) is 13.8 Å². The van der Waals surface area contributed by atoms with Crippen molar-refractivity contribution in [2.24, 2.45) is 0 Å². The maximum absolute atomic E-state index is 9.55. The second kappa shape index (κ2) is 4.89. The Kier molecular flexibility index (Phi) is 3.81. The summed E-state index contributed by atoms with van der Waals surface area (Å²) >= 11 is 0. The number of ether oxygens (including phenoxy) is 1. The van der Waals surface area contributed by atoms with Crippen LogP contribution in [0, 0.1) is 6.92 Å². The van der Waals surface area contributed by atoms with Crippen LogP contribution in [0.25, 0.3) is 0 Å². The monoisotopic (exact) mass is 194 g/mol. The van der Waals surface area contributed by atoms with Crippen molar-refractivity contribution in [2.75, 3.05) is 0 Å². The van der Waals surface area contributed by atoms with Crippen molar-refractivity contribution in [3.63, 3.8) is 0 Å². The van der Waals surface area contributed by atoms with Crippen LogP contribution in [-0.4, -0.2) is 11.2 Å². The van der Waals surface area contributed by atoms with E-state index in [1.54, 1.807) is 6.07 Å². The zero-order valence-electron chi connectivity index (χ0n) is 9.08. The maximum Gasteiger partial charge on any atom is 0.161 e. The molecule has 1 aromatic rings. The molecule has 0 aliphatic carbocycles. The summed E-state index contributed by atoms with van der Waals surface area (Å²) in [6.45, 7) is 6.15. The first-order chi connectivity index (χ1) is 6.67. The highest BCUT2D eigenvalue weighted by Gasteiger charge is 2.08. The summed E-state index contributed by atoms with van der Waals surface area (Å²) in [6.07, 6.45) is 2.12. The molecule has 0 amide bonds. The first-order valence-electron chi connectivity index (χ1n) is 5.13. The first kappa shape index (κ1) is 10.9. The van der Waals surface area contributed by atoms with Crippen molar-refractivity contribution in [3.8, 4) is 11.5 Å². The van der Waals surface area contributed by atoms with Gasteiger partial charge in [-0.05, 0) is 37.5 Å². The number of phenols is 1. The average Bonchev–Trinajstić information content (AvgIpc) is 2.19. The Hall–Kier alpha value is -1.18. The topological polar surface area (TPSA) is 29.5 Å². The van der Waals surface area contributed by atoms with Crippen LogP contribution in [0.5, 0.6) is 11.5 Å². The van der Waals surface area contributed by atoms with Crippen LogP contribution in [0.15, 0.2) is 18.2 Å². The molecule has 0 bridgehead atoms. The van der Waals surface area contributed by atoms with Gasteiger partial charge in [-0.15, -0.1) is 0 Å². The number of rotatable bonds is 4. The van der Waals surface area contributed by atoms with E-state index in [4.69, 9.17) is 4.74 Å². The van der Waals surface area contributed by atoms with E-state index in [0.717, 1.165) is 18.4 Å². The summed E-state index contributed by atoms with van der Waals surface area (Å²) in [4.78, 5) is 0. The van der Waals surface area contributed by atoms with Crippen LogP contribution in [0.3, 0.4) is 0 Å². The van der Waals surface area contributed by atoms with E-state index in [0.29, 0.717) is 5.75 Å². The maximum atomic E-state index is 9.55. The van der Waals surface area contributed by atoms with Crippen molar-refractivity contribution in [1.82, 2.24) is 0 Å². The molecule has 1 aromatic carbocycles. The number of hydrogen-bond donors (Lipinski definition) is 1. The molecule has 2 nitrogen and oxygen atoms in total. The normalized spacial score (nSPS) is 10.6. The fourth-order valence-electron chi connectivity index (χ4n) is 1.35. The third kappa shape index (κ3) is 2.66. The Morgan fingerprint density at radius 2 is 1.93 bits per heavy atom. The van der Waals surface area contributed by atoms with E-state index in [-0.39, 0.29) is 11.9 Å². The lowest BCUT2D eigenvalue weighted by Gasteiger charge is -2.16. The van der Waals surface area contributed by atoms with Gasteiger partial charge in [0.1, 0.15) is 0 Å². The summed E-state index contributed by atoms with van der Waals surface area (Å²) in [5.74, 6) is 0.821. The van der Waals surface area contributed by atoms with E-state index < -0.39 is 0 Å². The Morgan fingerprint density at radius 3 is 2.50 bits per heavy atom. The van der Waals surface area contributed by atoms with E-state index >= 15 is 0 Å². The Labute approximate surface area is 85.5 Å². The summed E-state index contributed by atoms with van der Waals surface area (Å²) in [5, 5.41) is 9.55. The number of hydrogen-bond acceptors (Lipinski definition) is 2. The van der Waals surface area contributed by atoms with Crippen molar-refractivity contribution in [1.29, 1.82) is 0 Å². The molecule has 0 radical (unpaired) electrons. The highest BCUT2D eigenvalue weighted by molar-refractivity contribution is 5.41. The molecule has 0 aromatic heterocycles. The molecule has 0 spiro atoms. The lowest BCUT2D eigenvalue weighted by Crippen LogP contribution is -2.13. The highest BCUT2D eigenvalue weighted by Crippen LogP contribution is 2.28. The Bertz CT molecular complexity index is 290. The van der Waals surface area contributed by atoms with Gasteiger partial charge in [0.05, 0.1) is 6.10 Å². The Morgan fingerprint density at radius 1 is 1.29 bits per heavy atom. The molecule has 0 atom stereocenters. The van der Waals surface area contributed by atoms with Crippen LogP contribution in [0.2, 0.25) is 0 Å². The molecule has 0 aliphatic heterocycles. The molecule has 1 rings (SSSR count). The van der Waals surface area contributed by atoms with Crippen molar-refractivity contribution in [2.45, 2.75) is 39.7 Å². The van der Waals surface area contributed by atoms with Crippen LogP contribution in [0.1, 0.15) is 32.3 Å². The van der Waals surface area contributed by atoms with E-state index in [1.165, 1.54) is 0 Å². The number of aromatic hydroxyl groups is 1. The minimum atomic E-state index is 0.197. The average molecular weight is 194 g/mol. The van der Waals surface area contributed by atoms with Gasteiger partial charge in [0.25, 0.3) is 0 Å². The fraction of sp³-hybridized carbons (Fsp3) is 0.500. The van der Waals surface area contributed by atoms with Gasteiger partial charge in [0, 0.05) is 0 Å². The van der Waals surface area contributed by atoms with Crippen LogP contribution in [-0.2, 0) is 0 Å². The molecule has 0 unspecified atom stereocenters. The third-order valence-corrected chi connectivity index (χ3v) is 2.32. The molecular weight excluding hydrogens is 176 g/mol. The second-order valence-electron chi connectivity index (χ2n) is 3.53. The predicted octanol–water partition coefficient (Wildman–Crippen LogP) is 3.27. The lowest BCUT2D eigenvalue weighted by atomic mass is 10.2. The van der Waals surface area contributed by atoms with Crippen molar-refractivity contribution < 1.29 is 9.84 Å². The minimum absolute atomic E-state index is 0.197. The van der Waals surface area contributed by atoms with Gasteiger partial charge in [0.15, 0.2) is 11.5 Å². The molecule has 0 heterocycles. The van der Waals surface area contributed by atoms with E-state index in [9.17, 15) is 5.11 Å². The fourth-order valence-corrected chi connectivity index (χ4v) is 1.35. The quantitative estimate of drug-likeness (QED) is 0.797. The molecule has 2 heteroatoms. The smallest absolute Gasteiger partial charge is 0.161 e. The third-order valence-electron chi connectivity index (χ3n) is 2.32. The van der Waals surface area contributed by atoms with Crippen LogP contribution in [0.4, 0.5) is 0 Å². The summed E-state index contributed by atoms with van der Waals surface area (Å²) < 4.78 is 5.67. The van der Waals surface area contributed by atoms with Crippen LogP contribution < -0.4 is 4.74 Å². The molecule has 14 heavy (non-hydrogen) atoms. The molecule has 0 saturated heterocycles. The van der Waals surface area contributed by atoms with Gasteiger partial charge in [-0.3, -0.25) is 0 Å². The lowest BCUT2D eigenvalue weighted by molar-refractivity contribution is 0.185. The van der Waals surface area contributed by atoms with Gasteiger partial charge in [-0.25, -0.2) is 0 Å². The zero-order chi connectivity index (χ0) is 10.6. The molecule has 78 valence electrons.